The van der Waals surface area contributed by atoms with Gasteiger partial charge in [0.1, 0.15) is 5.88 Å². The fourth-order valence-electron chi connectivity index (χ4n) is 1.15. The van der Waals surface area contributed by atoms with E-state index >= 15 is 0 Å². The van der Waals surface area contributed by atoms with Crippen LogP contribution in [0.3, 0.4) is 0 Å². The van der Waals surface area contributed by atoms with Gasteiger partial charge in [-0.25, -0.2) is 4.79 Å². The summed E-state index contributed by atoms with van der Waals surface area (Å²) in [6, 6.07) is -0.117. The van der Waals surface area contributed by atoms with E-state index in [9.17, 15) is 9.59 Å². The first-order valence-corrected chi connectivity index (χ1v) is 4.99. The number of hydrogen-bond acceptors (Lipinski definition) is 2. The maximum atomic E-state index is 11.5. The lowest BCUT2D eigenvalue weighted by Crippen LogP contribution is -2.44. The molecule has 0 spiro atoms. The fraction of sp³-hybridized carbons (Fsp3) is 0.556. The van der Waals surface area contributed by atoms with Crippen molar-refractivity contribution in [2.45, 2.75) is 18.9 Å². The second-order valence-corrected chi connectivity index (χ2v) is 3.43. The number of rotatable bonds is 4. The van der Waals surface area contributed by atoms with Gasteiger partial charge in [-0.1, -0.05) is 6.08 Å². The Balaban J connectivity index is 2.45. The summed E-state index contributed by atoms with van der Waals surface area (Å²) in [6.07, 6.45) is 3.63. The number of hydrogen-bond donors (Lipinski definition) is 1. The van der Waals surface area contributed by atoms with Gasteiger partial charge in [0.15, 0.2) is 0 Å². The summed E-state index contributed by atoms with van der Waals surface area (Å²) in [6.45, 7) is 4.02. The van der Waals surface area contributed by atoms with Crippen LogP contribution >= 0.6 is 11.6 Å². The van der Waals surface area contributed by atoms with E-state index in [1.807, 2.05) is 0 Å². The number of carbonyl (C=O) groups is 2. The number of amides is 3. The summed E-state index contributed by atoms with van der Waals surface area (Å²) in [5.41, 5.74) is 0. The molecule has 5 heteroatoms. The first kappa shape index (κ1) is 11.0. The molecule has 0 unspecified atom stereocenters. The monoisotopic (exact) mass is 216 g/mol. The van der Waals surface area contributed by atoms with Crippen molar-refractivity contribution < 1.29 is 9.59 Å². The second-order valence-electron chi connectivity index (χ2n) is 3.16. The van der Waals surface area contributed by atoms with Gasteiger partial charge in [-0.2, -0.15) is 0 Å². The van der Waals surface area contributed by atoms with Crippen LogP contribution in [0.4, 0.5) is 4.79 Å². The number of nitrogens with one attached hydrogen (secondary N) is 1. The van der Waals surface area contributed by atoms with E-state index in [-0.39, 0.29) is 18.0 Å². The van der Waals surface area contributed by atoms with Gasteiger partial charge in [0.05, 0.1) is 0 Å². The molecular formula is C9H13ClN2O2. The highest BCUT2D eigenvalue weighted by Gasteiger charge is 2.32. The Morgan fingerprint density at radius 3 is 2.64 bits per heavy atom. The van der Waals surface area contributed by atoms with Crippen molar-refractivity contribution in [3.8, 4) is 0 Å². The van der Waals surface area contributed by atoms with Crippen molar-refractivity contribution in [1.82, 2.24) is 10.2 Å². The zero-order valence-corrected chi connectivity index (χ0v) is 8.59. The molecule has 1 N–H and O–H groups in total. The van der Waals surface area contributed by atoms with Gasteiger partial charge in [0.2, 0.25) is 5.91 Å². The predicted octanol–water partition coefficient (Wildman–Crippen LogP) is 1.11. The summed E-state index contributed by atoms with van der Waals surface area (Å²) in [5, 5.41) is 2.20. The van der Waals surface area contributed by atoms with Crippen molar-refractivity contribution >= 4 is 23.5 Å². The summed E-state index contributed by atoms with van der Waals surface area (Å²) < 4.78 is 0. The highest BCUT2D eigenvalue weighted by Crippen LogP contribution is 2.26. The lowest BCUT2D eigenvalue weighted by atomic mass is 10.4. The van der Waals surface area contributed by atoms with Gasteiger partial charge in [0, 0.05) is 12.6 Å². The van der Waals surface area contributed by atoms with E-state index in [4.69, 9.17) is 11.6 Å². The third kappa shape index (κ3) is 3.03. The number of carbonyl (C=O) groups excluding carboxylic acids is 2. The molecule has 1 fully saturated rings. The molecule has 78 valence electrons. The number of halogens is 1. The molecule has 3 amide bonds. The molecular weight excluding hydrogens is 204 g/mol. The molecule has 0 aromatic heterocycles. The van der Waals surface area contributed by atoms with E-state index in [0.29, 0.717) is 6.54 Å². The SMILES string of the molecule is C=CCN(C(=O)NC(=O)CCl)C1CC1. The van der Waals surface area contributed by atoms with Crippen LogP contribution in [-0.2, 0) is 4.79 Å². The lowest BCUT2D eigenvalue weighted by Gasteiger charge is -2.20. The molecule has 0 bridgehead atoms. The van der Waals surface area contributed by atoms with Crippen molar-refractivity contribution in [3.63, 3.8) is 0 Å². The van der Waals surface area contributed by atoms with Gasteiger partial charge >= 0.3 is 6.03 Å². The van der Waals surface area contributed by atoms with Crippen molar-refractivity contribution in [2.75, 3.05) is 12.4 Å². The summed E-state index contributed by atoms with van der Waals surface area (Å²) in [7, 11) is 0. The van der Waals surface area contributed by atoms with E-state index in [0.717, 1.165) is 12.8 Å². The van der Waals surface area contributed by atoms with Crippen LogP contribution in [-0.4, -0.2) is 35.3 Å². The van der Waals surface area contributed by atoms with Crippen LogP contribution in [0.2, 0.25) is 0 Å². The first-order valence-electron chi connectivity index (χ1n) is 4.46. The highest BCUT2D eigenvalue weighted by atomic mass is 35.5. The average molecular weight is 217 g/mol. The fourth-order valence-corrected chi connectivity index (χ4v) is 1.21. The van der Waals surface area contributed by atoms with Gasteiger partial charge in [-0.15, -0.1) is 18.2 Å². The van der Waals surface area contributed by atoms with E-state index in [1.165, 1.54) is 0 Å². The zero-order valence-electron chi connectivity index (χ0n) is 7.83. The zero-order chi connectivity index (χ0) is 10.6. The predicted molar refractivity (Wildman–Crippen MR) is 54.2 cm³/mol. The van der Waals surface area contributed by atoms with Crippen molar-refractivity contribution in [2.24, 2.45) is 0 Å². The molecule has 1 saturated carbocycles. The van der Waals surface area contributed by atoms with E-state index in [1.54, 1.807) is 11.0 Å². The molecule has 0 saturated heterocycles. The molecule has 0 heterocycles. The van der Waals surface area contributed by atoms with Crippen LogP contribution in [0.5, 0.6) is 0 Å². The van der Waals surface area contributed by atoms with Gasteiger partial charge in [-0.05, 0) is 12.8 Å². The first-order chi connectivity index (χ1) is 6.69. The Morgan fingerprint density at radius 2 is 2.21 bits per heavy atom. The van der Waals surface area contributed by atoms with Crippen LogP contribution in [0, 0.1) is 0 Å². The van der Waals surface area contributed by atoms with Gasteiger partial charge in [-0.3, -0.25) is 10.1 Å². The molecule has 1 aliphatic carbocycles. The lowest BCUT2D eigenvalue weighted by molar-refractivity contribution is -0.117. The quantitative estimate of drug-likeness (QED) is 0.566. The largest absolute Gasteiger partial charge is 0.324 e. The molecule has 0 radical (unpaired) electrons. The molecule has 0 aromatic carbocycles. The molecule has 1 rings (SSSR count). The van der Waals surface area contributed by atoms with Crippen LogP contribution in [0.25, 0.3) is 0 Å². The average Bonchev–Trinajstić information content (AvgIpc) is 2.97. The molecule has 0 aromatic rings. The molecule has 14 heavy (non-hydrogen) atoms. The Kier molecular flexibility index (Phi) is 3.95. The topological polar surface area (TPSA) is 49.4 Å². The molecule has 0 atom stereocenters. The van der Waals surface area contributed by atoms with Crippen molar-refractivity contribution in [1.29, 1.82) is 0 Å². The summed E-state index contributed by atoms with van der Waals surface area (Å²) in [5.74, 6) is -0.662. The molecule has 1 aliphatic rings. The minimum Gasteiger partial charge on any atom is -0.318 e. The third-order valence-corrected chi connectivity index (χ3v) is 2.18. The van der Waals surface area contributed by atoms with Crippen LogP contribution in [0.15, 0.2) is 12.7 Å². The number of urea groups is 1. The Bertz CT molecular complexity index is 251. The number of nitrogens with zero attached hydrogens (tertiary/aromatic N) is 1. The summed E-state index contributed by atoms with van der Waals surface area (Å²) in [4.78, 5) is 23.9. The van der Waals surface area contributed by atoms with E-state index < -0.39 is 5.91 Å². The maximum Gasteiger partial charge on any atom is 0.324 e. The standard InChI is InChI=1S/C9H13ClN2O2/c1-2-5-12(7-3-4-7)9(14)11-8(13)6-10/h2,7H,1,3-6H2,(H,11,13,14). The summed E-state index contributed by atoms with van der Waals surface area (Å²) >= 11 is 5.27. The minimum absolute atomic E-state index is 0.196. The van der Waals surface area contributed by atoms with Gasteiger partial charge < -0.3 is 4.90 Å². The maximum absolute atomic E-state index is 11.5. The Labute approximate surface area is 87.9 Å². The van der Waals surface area contributed by atoms with Crippen molar-refractivity contribution in [3.05, 3.63) is 12.7 Å². The van der Waals surface area contributed by atoms with Crippen LogP contribution < -0.4 is 5.32 Å². The minimum atomic E-state index is -0.466. The van der Waals surface area contributed by atoms with Gasteiger partial charge in [0.25, 0.3) is 0 Å². The normalized spacial score (nSPS) is 14.6. The van der Waals surface area contributed by atoms with E-state index in [2.05, 4.69) is 11.9 Å². The number of imide groups is 1. The molecule has 4 nitrogen and oxygen atoms in total. The highest BCUT2D eigenvalue weighted by molar-refractivity contribution is 6.28. The second kappa shape index (κ2) is 5.00. The Morgan fingerprint density at radius 1 is 1.57 bits per heavy atom. The number of alkyl halides is 1. The van der Waals surface area contributed by atoms with Crippen LogP contribution in [0.1, 0.15) is 12.8 Å². The third-order valence-electron chi connectivity index (χ3n) is 1.94. The smallest absolute Gasteiger partial charge is 0.318 e. The molecule has 0 aliphatic heterocycles. The Hall–Kier alpha value is -1.03.